The summed E-state index contributed by atoms with van der Waals surface area (Å²) in [5, 5.41) is 0. The SMILES string of the molecule is CC(C(N)=S)N(C)CC1Cc2ccccc21. The molecule has 2 rings (SSSR count). The number of thiocarbonyl (C=S) groups is 1. The molecule has 0 aromatic heterocycles. The zero-order valence-corrected chi connectivity index (χ0v) is 10.6. The molecule has 0 bridgehead atoms. The van der Waals surface area contributed by atoms with Crippen LogP contribution in [0.3, 0.4) is 0 Å². The molecule has 1 aromatic carbocycles. The summed E-state index contributed by atoms with van der Waals surface area (Å²) < 4.78 is 0. The Morgan fingerprint density at radius 2 is 2.25 bits per heavy atom. The van der Waals surface area contributed by atoms with Gasteiger partial charge in [0, 0.05) is 12.5 Å². The first-order valence-corrected chi connectivity index (χ1v) is 6.07. The Bertz CT molecular complexity index is 403. The van der Waals surface area contributed by atoms with Gasteiger partial charge in [-0.1, -0.05) is 36.5 Å². The number of hydrogen-bond donors (Lipinski definition) is 1. The van der Waals surface area contributed by atoms with Gasteiger partial charge in [0.25, 0.3) is 0 Å². The minimum Gasteiger partial charge on any atom is -0.392 e. The summed E-state index contributed by atoms with van der Waals surface area (Å²) in [5.74, 6) is 0.651. The van der Waals surface area contributed by atoms with Crippen molar-refractivity contribution in [2.75, 3.05) is 13.6 Å². The van der Waals surface area contributed by atoms with E-state index in [1.807, 2.05) is 0 Å². The minimum absolute atomic E-state index is 0.183. The van der Waals surface area contributed by atoms with Gasteiger partial charge in [0.2, 0.25) is 0 Å². The van der Waals surface area contributed by atoms with E-state index in [0.717, 1.165) is 6.54 Å². The maximum Gasteiger partial charge on any atom is 0.0899 e. The molecule has 0 saturated heterocycles. The molecule has 1 aliphatic carbocycles. The van der Waals surface area contributed by atoms with E-state index in [2.05, 4.69) is 43.1 Å². The van der Waals surface area contributed by atoms with E-state index in [1.54, 1.807) is 0 Å². The third-order valence-electron chi connectivity index (χ3n) is 3.54. The highest BCUT2D eigenvalue weighted by Crippen LogP contribution is 2.35. The second-order valence-electron chi connectivity index (χ2n) is 4.62. The van der Waals surface area contributed by atoms with E-state index in [9.17, 15) is 0 Å². The van der Waals surface area contributed by atoms with Crippen molar-refractivity contribution in [2.24, 2.45) is 5.73 Å². The summed E-state index contributed by atoms with van der Waals surface area (Å²) in [6, 6.07) is 8.84. The number of nitrogens with two attached hydrogens (primary N) is 1. The van der Waals surface area contributed by atoms with Crippen LogP contribution in [-0.2, 0) is 6.42 Å². The van der Waals surface area contributed by atoms with Crippen LogP contribution in [0.15, 0.2) is 24.3 Å². The molecule has 16 heavy (non-hydrogen) atoms. The second kappa shape index (κ2) is 4.52. The van der Waals surface area contributed by atoms with Crippen molar-refractivity contribution in [3.05, 3.63) is 35.4 Å². The zero-order chi connectivity index (χ0) is 11.7. The minimum atomic E-state index is 0.183. The van der Waals surface area contributed by atoms with Gasteiger partial charge in [0.05, 0.1) is 11.0 Å². The lowest BCUT2D eigenvalue weighted by Crippen LogP contribution is -2.42. The van der Waals surface area contributed by atoms with Crippen molar-refractivity contribution < 1.29 is 0 Å². The summed E-state index contributed by atoms with van der Waals surface area (Å²) >= 11 is 5.02. The highest BCUT2D eigenvalue weighted by Gasteiger charge is 2.27. The number of nitrogens with zero attached hydrogens (tertiary/aromatic N) is 1. The predicted molar refractivity (Wildman–Crippen MR) is 71.8 cm³/mol. The number of rotatable bonds is 4. The molecule has 86 valence electrons. The molecule has 1 aromatic rings. The molecule has 3 heteroatoms. The molecule has 0 saturated carbocycles. The van der Waals surface area contributed by atoms with Crippen molar-refractivity contribution >= 4 is 17.2 Å². The van der Waals surface area contributed by atoms with Crippen LogP contribution in [0.2, 0.25) is 0 Å². The van der Waals surface area contributed by atoms with Gasteiger partial charge in [0.1, 0.15) is 0 Å². The average Bonchev–Trinajstić information content (AvgIpc) is 2.24. The zero-order valence-electron chi connectivity index (χ0n) is 9.81. The van der Waals surface area contributed by atoms with E-state index in [0.29, 0.717) is 10.9 Å². The molecule has 2 unspecified atom stereocenters. The second-order valence-corrected chi connectivity index (χ2v) is 5.09. The average molecular weight is 234 g/mol. The van der Waals surface area contributed by atoms with Crippen LogP contribution < -0.4 is 5.73 Å². The fraction of sp³-hybridized carbons (Fsp3) is 0.462. The monoisotopic (exact) mass is 234 g/mol. The van der Waals surface area contributed by atoms with Gasteiger partial charge in [0.15, 0.2) is 0 Å². The topological polar surface area (TPSA) is 29.3 Å². The van der Waals surface area contributed by atoms with Crippen LogP contribution in [0, 0.1) is 0 Å². The molecular formula is C13H18N2S. The first-order chi connectivity index (χ1) is 7.59. The summed E-state index contributed by atoms with van der Waals surface area (Å²) in [5.41, 5.74) is 8.64. The number of benzene rings is 1. The molecule has 0 fully saturated rings. The fourth-order valence-electron chi connectivity index (χ4n) is 2.25. The van der Waals surface area contributed by atoms with Crippen LogP contribution >= 0.6 is 12.2 Å². The van der Waals surface area contributed by atoms with Gasteiger partial charge in [-0.05, 0) is 31.5 Å². The van der Waals surface area contributed by atoms with Crippen LogP contribution in [-0.4, -0.2) is 29.5 Å². The first-order valence-electron chi connectivity index (χ1n) is 5.67. The Hall–Kier alpha value is -0.930. The molecule has 0 heterocycles. The normalized spacial score (nSPS) is 20.1. The molecule has 2 nitrogen and oxygen atoms in total. The molecule has 0 amide bonds. The van der Waals surface area contributed by atoms with E-state index in [-0.39, 0.29) is 6.04 Å². The van der Waals surface area contributed by atoms with Crippen molar-refractivity contribution in [2.45, 2.75) is 25.3 Å². The van der Waals surface area contributed by atoms with Crippen molar-refractivity contribution in [1.82, 2.24) is 4.90 Å². The largest absolute Gasteiger partial charge is 0.392 e. The fourth-order valence-corrected chi connectivity index (χ4v) is 2.43. The van der Waals surface area contributed by atoms with E-state index >= 15 is 0 Å². The molecule has 2 N–H and O–H groups in total. The number of likely N-dealkylation sites (N-methyl/N-ethyl adjacent to an activating group) is 1. The highest BCUT2D eigenvalue weighted by atomic mass is 32.1. The quantitative estimate of drug-likeness (QED) is 0.807. The Labute approximate surface area is 102 Å². The Morgan fingerprint density at radius 1 is 1.56 bits per heavy atom. The van der Waals surface area contributed by atoms with Crippen LogP contribution in [0.4, 0.5) is 0 Å². The maximum absolute atomic E-state index is 5.66. The summed E-state index contributed by atoms with van der Waals surface area (Å²) in [6.07, 6.45) is 1.19. The Kier molecular flexibility index (Phi) is 3.26. The molecule has 0 radical (unpaired) electrons. The summed E-state index contributed by atoms with van der Waals surface area (Å²) in [4.78, 5) is 2.82. The number of hydrogen-bond acceptors (Lipinski definition) is 2. The summed E-state index contributed by atoms with van der Waals surface area (Å²) in [7, 11) is 2.09. The summed E-state index contributed by atoms with van der Waals surface area (Å²) in [6.45, 7) is 3.10. The van der Waals surface area contributed by atoms with Crippen LogP contribution in [0.1, 0.15) is 24.0 Å². The van der Waals surface area contributed by atoms with Gasteiger partial charge in [-0.2, -0.15) is 0 Å². The van der Waals surface area contributed by atoms with Crippen molar-refractivity contribution in [3.8, 4) is 0 Å². The van der Waals surface area contributed by atoms with Crippen LogP contribution in [0.25, 0.3) is 0 Å². The first kappa shape index (κ1) is 11.6. The molecule has 1 aliphatic rings. The maximum atomic E-state index is 5.66. The highest BCUT2D eigenvalue weighted by molar-refractivity contribution is 7.80. The van der Waals surface area contributed by atoms with Crippen molar-refractivity contribution in [1.29, 1.82) is 0 Å². The standard InChI is InChI=1S/C13H18N2S/c1-9(13(14)16)15(2)8-11-7-10-5-3-4-6-12(10)11/h3-6,9,11H,7-8H2,1-2H3,(H2,14,16). The lowest BCUT2D eigenvalue weighted by Gasteiger charge is -2.35. The van der Waals surface area contributed by atoms with Gasteiger partial charge < -0.3 is 5.73 Å². The van der Waals surface area contributed by atoms with E-state index < -0.39 is 0 Å². The Balaban J connectivity index is 1.97. The van der Waals surface area contributed by atoms with E-state index in [4.69, 9.17) is 18.0 Å². The third kappa shape index (κ3) is 2.11. The molecule has 0 aliphatic heterocycles. The van der Waals surface area contributed by atoms with Gasteiger partial charge in [-0.3, -0.25) is 4.90 Å². The number of fused-ring (bicyclic) bond motifs is 1. The third-order valence-corrected chi connectivity index (χ3v) is 3.88. The predicted octanol–water partition coefficient (Wildman–Crippen LogP) is 1.93. The van der Waals surface area contributed by atoms with Gasteiger partial charge >= 0.3 is 0 Å². The van der Waals surface area contributed by atoms with Gasteiger partial charge in [-0.15, -0.1) is 0 Å². The van der Waals surface area contributed by atoms with Crippen molar-refractivity contribution in [3.63, 3.8) is 0 Å². The molecule has 0 spiro atoms. The lowest BCUT2D eigenvalue weighted by molar-refractivity contribution is 0.280. The van der Waals surface area contributed by atoms with Crippen LogP contribution in [0.5, 0.6) is 0 Å². The Morgan fingerprint density at radius 3 is 2.88 bits per heavy atom. The molecule has 2 atom stereocenters. The smallest absolute Gasteiger partial charge is 0.0899 e. The van der Waals surface area contributed by atoms with Gasteiger partial charge in [-0.25, -0.2) is 0 Å². The lowest BCUT2D eigenvalue weighted by atomic mass is 9.77. The molecular weight excluding hydrogens is 216 g/mol. The van der Waals surface area contributed by atoms with E-state index in [1.165, 1.54) is 17.5 Å².